The molecule has 0 saturated carbocycles. The molecule has 5 heteroatoms. The molecule has 0 bridgehead atoms. The van der Waals surface area contributed by atoms with E-state index in [1.165, 1.54) is 0 Å². The van der Waals surface area contributed by atoms with Gasteiger partial charge in [0.2, 0.25) is 5.91 Å². The highest BCUT2D eigenvalue weighted by Gasteiger charge is 2.32. The molecule has 1 saturated heterocycles. The highest BCUT2D eigenvalue weighted by Crippen LogP contribution is 2.22. The van der Waals surface area contributed by atoms with Gasteiger partial charge in [0.15, 0.2) is 0 Å². The number of likely N-dealkylation sites (tertiary alicyclic amines) is 1. The van der Waals surface area contributed by atoms with E-state index in [9.17, 15) is 14.7 Å². The average Bonchev–Trinajstić information content (AvgIpc) is 2.43. The first-order valence-corrected chi connectivity index (χ1v) is 7.29. The lowest BCUT2D eigenvalue weighted by Crippen LogP contribution is -2.49. The molecule has 1 aromatic carbocycles. The maximum atomic E-state index is 12.1. The summed E-state index contributed by atoms with van der Waals surface area (Å²) in [5.41, 5.74) is 1.77. The molecule has 1 fully saturated rings. The topological polar surface area (TPSA) is 69.6 Å². The van der Waals surface area contributed by atoms with E-state index in [0.717, 1.165) is 17.7 Å². The Bertz CT molecular complexity index is 530. The Morgan fingerprint density at radius 3 is 2.76 bits per heavy atom. The minimum atomic E-state index is -0.842. The van der Waals surface area contributed by atoms with Crippen molar-refractivity contribution in [3.05, 3.63) is 29.8 Å². The summed E-state index contributed by atoms with van der Waals surface area (Å²) in [6.07, 6.45) is 1.54. The summed E-state index contributed by atoms with van der Waals surface area (Å²) in [7, 11) is 0. The van der Waals surface area contributed by atoms with Crippen molar-refractivity contribution in [2.45, 2.75) is 32.7 Å². The van der Waals surface area contributed by atoms with E-state index < -0.39 is 12.0 Å². The first kappa shape index (κ1) is 15.5. The van der Waals surface area contributed by atoms with Gasteiger partial charge in [-0.25, -0.2) is 0 Å². The first-order valence-electron chi connectivity index (χ1n) is 7.29. The van der Waals surface area contributed by atoms with E-state index in [1.54, 1.807) is 4.90 Å². The van der Waals surface area contributed by atoms with Crippen LogP contribution in [0.25, 0.3) is 0 Å². The highest BCUT2D eigenvalue weighted by molar-refractivity contribution is 5.93. The maximum Gasteiger partial charge on any atom is 0.320 e. The van der Waals surface area contributed by atoms with Gasteiger partial charge in [0.05, 0.1) is 6.54 Å². The fraction of sp³-hybridized carbons (Fsp3) is 0.500. The zero-order valence-electron chi connectivity index (χ0n) is 12.5. The number of nitrogens with one attached hydrogen (secondary N) is 1. The number of carboxylic acid groups (broad SMARTS) is 1. The van der Waals surface area contributed by atoms with Crippen LogP contribution in [0.5, 0.6) is 0 Å². The zero-order valence-corrected chi connectivity index (χ0v) is 12.5. The molecule has 2 atom stereocenters. The molecule has 1 aliphatic heterocycles. The molecule has 21 heavy (non-hydrogen) atoms. The molecule has 0 aliphatic carbocycles. The van der Waals surface area contributed by atoms with Gasteiger partial charge in [-0.2, -0.15) is 0 Å². The molecule has 0 spiro atoms. The van der Waals surface area contributed by atoms with E-state index in [4.69, 9.17) is 0 Å². The number of para-hydroxylation sites is 1. The van der Waals surface area contributed by atoms with Gasteiger partial charge in [0, 0.05) is 5.69 Å². The summed E-state index contributed by atoms with van der Waals surface area (Å²) < 4.78 is 0. The maximum absolute atomic E-state index is 12.1. The molecule has 5 nitrogen and oxygen atoms in total. The molecular weight excluding hydrogens is 268 g/mol. The van der Waals surface area contributed by atoms with E-state index >= 15 is 0 Å². The van der Waals surface area contributed by atoms with Crippen LogP contribution < -0.4 is 5.32 Å². The van der Waals surface area contributed by atoms with Crippen LogP contribution in [0.3, 0.4) is 0 Å². The van der Waals surface area contributed by atoms with E-state index in [-0.39, 0.29) is 12.5 Å². The number of benzene rings is 1. The Balaban J connectivity index is 1.98. The van der Waals surface area contributed by atoms with Gasteiger partial charge in [0.25, 0.3) is 0 Å². The third kappa shape index (κ3) is 4.04. The summed E-state index contributed by atoms with van der Waals surface area (Å²) >= 11 is 0. The largest absolute Gasteiger partial charge is 0.480 e. The Morgan fingerprint density at radius 2 is 2.10 bits per heavy atom. The Labute approximate surface area is 125 Å². The van der Waals surface area contributed by atoms with Crippen LogP contribution in [0.4, 0.5) is 5.69 Å². The number of hydrogen-bond donors (Lipinski definition) is 2. The number of aryl methyl sites for hydroxylation is 1. The van der Waals surface area contributed by atoms with E-state index in [0.29, 0.717) is 18.9 Å². The molecule has 1 aromatic rings. The van der Waals surface area contributed by atoms with Crippen LogP contribution >= 0.6 is 0 Å². The standard InChI is InChI=1S/C16H22N2O3/c1-11-7-8-18(14(9-11)16(20)21)10-15(19)17-13-6-4-3-5-12(13)2/h3-6,11,14H,7-10H2,1-2H3,(H,17,19)(H,20,21). The average molecular weight is 290 g/mol. The molecule has 1 heterocycles. The molecule has 2 rings (SSSR count). The SMILES string of the molecule is Cc1ccccc1NC(=O)CN1CCC(C)CC1C(=O)O. The number of amides is 1. The van der Waals surface area contributed by atoms with Gasteiger partial charge < -0.3 is 10.4 Å². The van der Waals surface area contributed by atoms with Gasteiger partial charge in [-0.15, -0.1) is 0 Å². The Morgan fingerprint density at radius 1 is 1.38 bits per heavy atom. The summed E-state index contributed by atoms with van der Waals surface area (Å²) in [6.45, 7) is 4.76. The second-order valence-corrected chi connectivity index (χ2v) is 5.82. The minimum absolute atomic E-state index is 0.123. The molecule has 114 valence electrons. The van der Waals surface area contributed by atoms with Crippen molar-refractivity contribution < 1.29 is 14.7 Å². The van der Waals surface area contributed by atoms with Crippen molar-refractivity contribution in [2.24, 2.45) is 5.92 Å². The highest BCUT2D eigenvalue weighted by atomic mass is 16.4. The number of piperidine rings is 1. The number of carboxylic acids is 1. The van der Waals surface area contributed by atoms with Crippen molar-refractivity contribution in [1.82, 2.24) is 4.90 Å². The molecule has 1 amide bonds. The monoisotopic (exact) mass is 290 g/mol. The third-order valence-electron chi connectivity index (χ3n) is 4.03. The Kier molecular flexibility index (Phi) is 4.96. The predicted molar refractivity (Wildman–Crippen MR) is 81.2 cm³/mol. The summed E-state index contributed by atoms with van der Waals surface area (Å²) in [5, 5.41) is 12.2. The van der Waals surface area contributed by atoms with Crippen molar-refractivity contribution in [1.29, 1.82) is 0 Å². The molecule has 2 N–H and O–H groups in total. The molecular formula is C16H22N2O3. The second kappa shape index (κ2) is 6.72. The summed E-state index contributed by atoms with van der Waals surface area (Å²) in [4.78, 5) is 25.2. The lowest BCUT2D eigenvalue weighted by molar-refractivity contribution is -0.145. The zero-order chi connectivity index (χ0) is 15.4. The third-order valence-corrected chi connectivity index (χ3v) is 4.03. The fourth-order valence-corrected chi connectivity index (χ4v) is 2.72. The van der Waals surface area contributed by atoms with Crippen LogP contribution in [0, 0.1) is 12.8 Å². The lowest BCUT2D eigenvalue weighted by Gasteiger charge is -2.35. The number of carbonyl (C=O) groups is 2. The summed E-state index contributed by atoms with van der Waals surface area (Å²) in [5.74, 6) is -0.614. The summed E-state index contributed by atoms with van der Waals surface area (Å²) in [6, 6.07) is 7.00. The van der Waals surface area contributed by atoms with Gasteiger partial charge in [0.1, 0.15) is 6.04 Å². The second-order valence-electron chi connectivity index (χ2n) is 5.82. The Hall–Kier alpha value is -1.88. The smallest absolute Gasteiger partial charge is 0.320 e. The number of nitrogens with zero attached hydrogens (tertiary/aromatic N) is 1. The number of aliphatic carboxylic acids is 1. The van der Waals surface area contributed by atoms with Crippen molar-refractivity contribution >= 4 is 17.6 Å². The number of carbonyl (C=O) groups excluding carboxylic acids is 1. The number of hydrogen-bond acceptors (Lipinski definition) is 3. The van der Waals surface area contributed by atoms with Gasteiger partial charge in [-0.05, 0) is 43.9 Å². The van der Waals surface area contributed by atoms with Crippen molar-refractivity contribution in [3.8, 4) is 0 Å². The first-order chi connectivity index (χ1) is 9.97. The fourth-order valence-electron chi connectivity index (χ4n) is 2.72. The molecule has 0 radical (unpaired) electrons. The normalized spacial score (nSPS) is 22.8. The minimum Gasteiger partial charge on any atom is -0.480 e. The quantitative estimate of drug-likeness (QED) is 0.891. The molecule has 2 unspecified atom stereocenters. The number of rotatable bonds is 4. The van der Waals surface area contributed by atoms with E-state index in [1.807, 2.05) is 31.2 Å². The predicted octanol–water partition coefficient (Wildman–Crippen LogP) is 2.12. The van der Waals surface area contributed by atoms with Crippen LogP contribution in [0.15, 0.2) is 24.3 Å². The van der Waals surface area contributed by atoms with Gasteiger partial charge in [-0.1, -0.05) is 25.1 Å². The molecule has 1 aliphatic rings. The lowest BCUT2D eigenvalue weighted by atomic mass is 9.92. The van der Waals surface area contributed by atoms with Crippen molar-refractivity contribution in [3.63, 3.8) is 0 Å². The van der Waals surface area contributed by atoms with E-state index in [2.05, 4.69) is 12.2 Å². The van der Waals surface area contributed by atoms with Crippen LogP contribution in [-0.4, -0.2) is 41.0 Å². The van der Waals surface area contributed by atoms with Crippen LogP contribution in [-0.2, 0) is 9.59 Å². The van der Waals surface area contributed by atoms with Gasteiger partial charge in [-0.3, -0.25) is 14.5 Å². The number of anilines is 1. The molecule has 0 aromatic heterocycles. The van der Waals surface area contributed by atoms with Gasteiger partial charge >= 0.3 is 5.97 Å². The van der Waals surface area contributed by atoms with Crippen LogP contribution in [0.1, 0.15) is 25.3 Å². The van der Waals surface area contributed by atoms with Crippen molar-refractivity contribution in [2.75, 3.05) is 18.4 Å². The van der Waals surface area contributed by atoms with Crippen LogP contribution in [0.2, 0.25) is 0 Å².